The number of hydrogen-bond acceptors (Lipinski definition) is 5. The third-order valence-electron chi connectivity index (χ3n) is 5.14. The third kappa shape index (κ3) is 4.81. The van der Waals surface area contributed by atoms with E-state index in [0.29, 0.717) is 23.1 Å². The molecule has 0 saturated carbocycles. The Morgan fingerprint density at radius 3 is 2.38 bits per heavy atom. The van der Waals surface area contributed by atoms with Crippen molar-refractivity contribution in [2.45, 2.75) is 20.4 Å². The van der Waals surface area contributed by atoms with Gasteiger partial charge in [-0.2, -0.15) is 4.98 Å². The van der Waals surface area contributed by atoms with Crippen LogP contribution in [0.3, 0.4) is 0 Å². The lowest BCUT2D eigenvalue weighted by Crippen LogP contribution is -2.11. The first kappa shape index (κ1) is 21.6. The van der Waals surface area contributed by atoms with Gasteiger partial charge in [0.25, 0.3) is 5.91 Å². The number of aromatic nitrogens is 2. The lowest BCUT2D eigenvalue weighted by molar-refractivity contribution is 0.102. The van der Waals surface area contributed by atoms with Crippen LogP contribution in [-0.4, -0.2) is 22.9 Å². The van der Waals surface area contributed by atoms with Crippen LogP contribution in [0, 0.1) is 13.8 Å². The molecule has 7 heteroatoms. The predicted molar refractivity (Wildman–Crippen MR) is 132 cm³/mol. The predicted octanol–water partition coefficient (Wildman–Crippen LogP) is 5.81. The Kier molecular flexibility index (Phi) is 6.23. The molecule has 4 rings (SSSR count). The van der Waals surface area contributed by atoms with E-state index in [-0.39, 0.29) is 5.91 Å². The van der Waals surface area contributed by atoms with Crippen LogP contribution in [0.25, 0.3) is 10.9 Å². The van der Waals surface area contributed by atoms with Crippen LogP contribution < -0.4 is 16.0 Å². The number of rotatable bonds is 6. The third-order valence-corrected chi connectivity index (χ3v) is 5.39. The second-order valence-electron chi connectivity index (χ2n) is 7.64. The molecule has 3 N–H and O–H groups in total. The van der Waals surface area contributed by atoms with Crippen LogP contribution in [-0.2, 0) is 6.54 Å². The van der Waals surface area contributed by atoms with Crippen molar-refractivity contribution in [1.82, 2.24) is 9.97 Å². The molecular weight excluding hydrogens is 422 g/mol. The Hall–Kier alpha value is -3.64. The van der Waals surface area contributed by atoms with Gasteiger partial charge in [-0.25, -0.2) is 4.98 Å². The number of benzene rings is 3. The maximum atomic E-state index is 12.4. The van der Waals surface area contributed by atoms with Gasteiger partial charge in [-0.05, 0) is 73.0 Å². The van der Waals surface area contributed by atoms with E-state index in [2.05, 4.69) is 51.9 Å². The summed E-state index contributed by atoms with van der Waals surface area (Å²) in [5.41, 5.74) is 5.56. The van der Waals surface area contributed by atoms with Crippen LogP contribution >= 0.6 is 11.6 Å². The van der Waals surface area contributed by atoms with Crippen molar-refractivity contribution in [2.24, 2.45) is 0 Å². The molecule has 162 valence electrons. The molecule has 0 unspecified atom stereocenters. The number of carbonyl (C=O) groups excluding carboxylic acids is 1. The van der Waals surface area contributed by atoms with Crippen molar-refractivity contribution < 1.29 is 4.79 Å². The molecule has 4 aromatic rings. The average molecular weight is 446 g/mol. The quantitative estimate of drug-likeness (QED) is 0.349. The summed E-state index contributed by atoms with van der Waals surface area (Å²) in [6.07, 6.45) is 0. The number of hydrogen-bond donors (Lipinski definition) is 3. The van der Waals surface area contributed by atoms with Crippen LogP contribution in [0.2, 0.25) is 5.02 Å². The molecule has 0 saturated heterocycles. The Balaban J connectivity index is 1.48. The van der Waals surface area contributed by atoms with Gasteiger partial charge in [-0.15, -0.1) is 0 Å². The van der Waals surface area contributed by atoms with Crippen LogP contribution in [0.15, 0.2) is 60.7 Å². The molecule has 0 atom stereocenters. The van der Waals surface area contributed by atoms with Crippen molar-refractivity contribution in [2.75, 3.05) is 23.0 Å². The molecule has 0 aliphatic rings. The fraction of sp³-hybridized carbons (Fsp3) is 0.160. The fourth-order valence-corrected chi connectivity index (χ4v) is 3.65. The zero-order valence-corrected chi connectivity index (χ0v) is 18.9. The maximum absolute atomic E-state index is 12.4. The number of carbonyl (C=O) groups is 1. The molecule has 0 fully saturated rings. The Morgan fingerprint density at radius 1 is 0.969 bits per heavy atom. The Labute approximate surface area is 192 Å². The highest BCUT2D eigenvalue weighted by atomic mass is 35.5. The molecule has 1 aromatic heterocycles. The molecule has 3 aromatic carbocycles. The average Bonchev–Trinajstić information content (AvgIpc) is 2.79. The normalized spacial score (nSPS) is 10.8. The van der Waals surface area contributed by atoms with E-state index in [4.69, 9.17) is 11.6 Å². The first-order chi connectivity index (χ1) is 15.4. The first-order valence-corrected chi connectivity index (χ1v) is 10.7. The minimum Gasteiger partial charge on any atom is -0.365 e. The van der Waals surface area contributed by atoms with Gasteiger partial charge in [0.1, 0.15) is 5.82 Å². The van der Waals surface area contributed by atoms with Gasteiger partial charge in [0.05, 0.1) is 5.52 Å². The summed E-state index contributed by atoms with van der Waals surface area (Å²) in [5, 5.41) is 11.0. The van der Waals surface area contributed by atoms with E-state index in [0.717, 1.165) is 33.5 Å². The minimum absolute atomic E-state index is 0.176. The molecule has 1 amide bonds. The smallest absolute Gasteiger partial charge is 0.255 e. The molecule has 0 spiro atoms. The number of nitrogens with zero attached hydrogens (tertiary/aromatic N) is 2. The Morgan fingerprint density at radius 2 is 1.69 bits per heavy atom. The summed E-state index contributed by atoms with van der Waals surface area (Å²) in [7, 11) is 1.81. The highest BCUT2D eigenvalue weighted by molar-refractivity contribution is 6.30. The molecule has 0 aliphatic heterocycles. The van der Waals surface area contributed by atoms with E-state index < -0.39 is 0 Å². The lowest BCUT2D eigenvalue weighted by Gasteiger charge is -2.13. The summed E-state index contributed by atoms with van der Waals surface area (Å²) in [4.78, 5) is 21.6. The molecular formula is C25H24ClN5O. The number of nitrogens with one attached hydrogen (secondary N) is 3. The SMILES string of the molecule is CNc1nc(NCc2ccc(NC(=O)c3ccc(Cl)cc3)cc2)c2cc(C)cc(C)c2n1. The van der Waals surface area contributed by atoms with Gasteiger partial charge in [0, 0.05) is 35.3 Å². The van der Waals surface area contributed by atoms with Crippen LogP contribution in [0.5, 0.6) is 0 Å². The molecule has 1 heterocycles. The van der Waals surface area contributed by atoms with Gasteiger partial charge in [0.15, 0.2) is 0 Å². The van der Waals surface area contributed by atoms with Crippen LogP contribution in [0.1, 0.15) is 27.0 Å². The van der Waals surface area contributed by atoms with Gasteiger partial charge in [-0.3, -0.25) is 4.79 Å². The van der Waals surface area contributed by atoms with E-state index in [1.165, 1.54) is 5.56 Å². The van der Waals surface area contributed by atoms with E-state index in [1.807, 2.05) is 31.3 Å². The standard InChI is InChI=1S/C25H24ClN5O/c1-15-12-16(2)22-21(13-15)23(31-25(27-3)30-22)28-14-17-4-10-20(11-5-17)29-24(32)18-6-8-19(26)9-7-18/h4-13H,14H2,1-3H3,(H,29,32)(H2,27,28,30,31). The lowest BCUT2D eigenvalue weighted by atomic mass is 10.1. The zero-order chi connectivity index (χ0) is 22.7. The largest absolute Gasteiger partial charge is 0.365 e. The monoisotopic (exact) mass is 445 g/mol. The number of amides is 1. The van der Waals surface area contributed by atoms with Gasteiger partial charge in [0.2, 0.25) is 5.95 Å². The number of fused-ring (bicyclic) bond motifs is 1. The van der Waals surface area contributed by atoms with E-state index >= 15 is 0 Å². The topological polar surface area (TPSA) is 78.9 Å². The fourth-order valence-electron chi connectivity index (χ4n) is 3.53. The summed E-state index contributed by atoms with van der Waals surface area (Å²) in [5.74, 6) is 1.18. The maximum Gasteiger partial charge on any atom is 0.255 e. The van der Waals surface area contributed by atoms with Crippen molar-refractivity contribution in [3.05, 3.63) is 87.9 Å². The second-order valence-corrected chi connectivity index (χ2v) is 8.07. The van der Waals surface area contributed by atoms with Crippen molar-refractivity contribution >= 4 is 45.9 Å². The number of aryl methyl sites for hydroxylation is 2. The van der Waals surface area contributed by atoms with Crippen molar-refractivity contribution in [3.63, 3.8) is 0 Å². The van der Waals surface area contributed by atoms with Gasteiger partial charge < -0.3 is 16.0 Å². The minimum atomic E-state index is -0.176. The highest BCUT2D eigenvalue weighted by Gasteiger charge is 2.10. The molecule has 0 bridgehead atoms. The molecule has 32 heavy (non-hydrogen) atoms. The highest BCUT2D eigenvalue weighted by Crippen LogP contribution is 2.26. The summed E-state index contributed by atoms with van der Waals surface area (Å²) in [6, 6.07) is 18.7. The summed E-state index contributed by atoms with van der Waals surface area (Å²) >= 11 is 5.88. The molecule has 0 aliphatic carbocycles. The Bertz CT molecular complexity index is 1270. The van der Waals surface area contributed by atoms with E-state index in [1.54, 1.807) is 24.3 Å². The van der Waals surface area contributed by atoms with Crippen LogP contribution in [0.4, 0.5) is 17.5 Å². The van der Waals surface area contributed by atoms with Gasteiger partial charge in [-0.1, -0.05) is 29.8 Å². The summed E-state index contributed by atoms with van der Waals surface area (Å²) in [6.45, 7) is 4.72. The van der Waals surface area contributed by atoms with Crippen molar-refractivity contribution in [1.29, 1.82) is 0 Å². The van der Waals surface area contributed by atoms with Gasteiger partial charge >= 0.3 is 0 Å². The number of halogens is 1. The molecule has 6 nitrogen and oxygen atoms in total. The number of anilines is 3. The summed E-state index contributed by atoms with van der Waals surface area (Å²) < 4.78 is 0. The second kappa shape index (κ2) is 9.24. The molecule has 0 radical (unpaired) electrons. The zero-order valence-electron chi connectivity index (χ0n) is 18.2. The van der Waals surface area contributed by atoms with E-state index in [9.17, 15) is 4.79 Å². The van der Waals surface area contributed by atoms with Crippen molar-refractivity contribution in [3.8, 4) is 0 Å². The first-order valence-electron chi connectivity index (χ1n) is 10.3.